The minimum atomic E-state index is -0.666. The van der Waals surface area contributed by atoms with Crippen LogP contribution in [0.15, 0.2) is 30.3 Å². The van der Waals surface area contributed by atoms with Gasteiger partial charge in [-0.25, -0.2) is 4.79 Å². The van der Waals surface area contributed by atoms with E-state index < -0.39 is 12.1 Å². The highest BCUT2D eigenvalue weighted by atomic mass is 16.5. The number of hydrogen-bond donors (Lipinski definition) is 2. The summed E-state index contributed by atoms with van der Waals surface area (Å²) in [6.45, 7) is 10.7. The predicted molar refractivity (Wildman–Crippen MR) is 133 cm³/mol. The molecule has 0 aliphatic carbocycles. The van der Waals surface area contributed by atoms with Gasteiger partial charge in [0, 0.05) is 32.1 Å². The van der Waals surface area contributed by atoms with Gasteiger partial charge in [0.25, 0.3) is 0 Å². The zero-order valence-electron chi connectivity index (χ0n) is 21.6. The molecule has 1 fully saturated rings. The third kappa shape index (κ3) is 8.97. The summed E-state index contributed by atoms with van der Waals surface area (Å²) in [7, 11) is 4.05. The molecule has 1 saturated heterocycles. The second-order valence-corrected chi connectivity index (χ2v) is 10.6. The van der Waals surface area contributed by atoms with Crippen LogP contribution < -0.4 is 10.6 Å². The van der Waals surface area contributed by atoms with Crippen LogP contribution >= 0.6 is 0 Å². The Labute approximate surface area is 204 Å². The molecule has 1 aromatic rings. The van der Waals surface area contributed by atoms with Crippen LogP contribution in [0.3, 0.4) is 0 Å². The van der Waals surface area contributed by atoms with E-state index in [1.54, 1.807) is 4.90 Å². The molecule has 0 bridgehead atoms. The number of likely N-dealkylation sites (tertiary alicyclic amines) is 1. The van der Waals surface area contributed by atoms with Gasteiger partial charge < -0.3 is 25.2 Å². The Kier molecular flexibility index (Phi) is 10.4. The number of alkyl carbamates (subject to hydrolysis) is 1. The topological polar surface area (TPSA) is 91.0 Å². The fourth-order valence-corrected chi connectivity index (χ4v) is 4.35. The molecule has 8 nitrogen and oxygen atoms in total. The van der Waals surface area contributed by atoms with Gasteiger partial charge in [0.2, 0.25) is 11.8 Å². The lowest BCUT2D eigenvalue weighted by atomic mass is 9.91. The average molecular weight is 475 g/mol. The van der Waals surface area contributed by atoms with E-state index in [0.717, 1.165) is 12.1 Å². The quantitative estimate of drug-likeness (QED) is 0.544. The Bertz CT molecular complexity index is 802. The molecule has 0 saturated carbocycles. The van der Waals surface area contributed by atoms with Crippen LogP contribution in [0, 0.1) is 17.3 Å². The first-order valence-electron chi connectivity index (χ1n) is 12.2. The minimum absolute atomic E-state index is 0.0128. The van der Waals surface area contributed by atoms with Gasteiger partial charge in [-0.15, -0.1) is 0 Å². The Morgan fingerprint density at radius 1 is 1.12 bits per heavy atom. The van der Waals surface area contributed by atoms with Crippen LogP contribution in [0.25, 0.3) is 0 Å². The number of carbonyl (C=O) groups excluding carboxylic acids is 3. The summed E-state index contributed by atoms with van der Waals surface area (Å²) in [5, 5.41) is 5.83. The zero-order chi connectivity index (χ0) is 25.3. The van der Waals surface area contributed by atoms with E-state index in [4.69, 9.17) is 4.74 Å². The average Bonchev–Trinajstić information content (AvgIpc) is 2.79. The van der Waals surface area contributed by atoms with Crippen molar-refractivity contribution in [2.75, 3.05) is 40.3 Å². The summed E-state index contributed by atoms with van der Waals surface area (Å²) < 4.78 is 5.30. The first-order valence-corrected chi connectivity index (χ1v) is 12.2. The number of carbonyl (C=O) groups is 3. The third-order valence-corrected chi connectivity index (χ3v) is 6.08. The second-order valence-electron chi connectivity index (χ2n) is 10.6. The van der Waals surface area contributed by atoms with Crippen LogP contribution in [-0.2, 0) is 20.9 Å². The highest BCUT2D eigenvalue weighted by molar-refractivity contribution is 5.86. The Balaban J connectivity index is 1.82. The standard InChI is InChI=1S/C26H42N4O4/c1-19(2)22(28-25(33)34-16-20-10-8-7-9-11-20)24(32)30-14-12-21(13-15-30)23(31)27-17-26(3,4)18-29(5)6/h7-11,19,21-22H,12-18H2,1-6H3,(H,27,31)(H,28,33)/t22-/m0/s1. The van der Waals surface area contributed by atoms with E-state index in [1.807, 2.05) is 58.3 Å². The maximum absolute atomic E-state index is 13.1. The predicted octanol–water partition coefficient (Wildman–Crippen LogP) is 2.88. The van der Waals surface area contributed by atoms with E-state index >= 15 is 0 Å². The molecule has 0 unspecified atom stereocenters. The number of piperidine rings is 1. The van der Waals surface area contributed by atoms with E-state index in [2.05, 4.69) is 29.4 Å². The third-order valence-electron chi connectivity index (χ3n) is 6.08. The molecule has 1 aliphatic rings. The van der Waals surface area contributed by atoms with E-state index in [0.29, 0.717) is 32.5 Å². The lowest BCUT2D eigenvalue weighted by molar-refractivity contribution is -0.138. The molecule has 1 aromatic carbocycles. The monoisotopic (exact) mass is 474 g/mol. The van der Waals surface area contributed by atoms with Crippen molar-refractivity contribution >= 4 is 17.9 Å². The Morgan fingerprint density at radius 2 is 1.74 bits per heavy atom. The number of rotatable bonds is 10. The molecule has 2 rings (SSSR count). The lowest BCUT2D eigenvalue weighted by Gasteiger charge is -2.35. The molecule has 8 heteroatoms. The zero-order valence-corrected chi connectivity index (χ0v) is 21.6. The smallest absolute Gasteiger partial charge is 0.408 e. The number of nitrogens with zero attached hydrogens (tertiary/aromatic N) is 2. The van der Waals surface area contributed by atoms with Crippen molar-refractivity contribution in [3.63, 3.8) is 0 Å². The lowest BCUT2D eigenvalue weighted by Crippen LogP contribution is -2.54. The second kappa shape index (κ2) is 12.7. The van der Waals surface area contributed by atoms with E-state index in [1.165, 1.54) is 0 Å². The van der Waals surface area contributed by atoms with Crippen LogP contribution in [0.4, 0.5) is 4.79 Å². The molecule has 2 N–H and O–H groups in total. The molecule has 190 valence electrons. The van der Waals surface area contributed by atoms with E-state index in [9.17, 15) is 14.4 Å². The largest absolute Gasteiger partial charge is 0.445 e. The summed E-state index contributed by atoms with van der Waals surface area (Å²) >= 11 is 0. The normalized spacial score (nSPS) is 15.8. The number of ether oxygens (including phenoxy) is 1. The van der Waals surface area contributed by atoms with Crippen molar-refractivity contribution in [3.8, 4) is 0 Å². The van der Waals surface area contributed by atoms with Crippen molar-refractivity contribution in [2.45, 2.75) is 53.2 Å². The van der Waals surface area contributed by atoms with Crippen molar-refractivity contribution in [2.24, 2.45) is 17.3 Å². The van der Waals surface area contributed by atoms with Gasteiger partial charge in [0.05, 0.1) is 0 Å². The number of nitrogens with one attached hydrogen (secondary N) is 2. The molecular formula is C26H42N4O4. The Hall–Kier alpha value is -2.61. The van der Waals surface area contributed by atoms with Crippen molar-refractivity contribution in [3.05, 3.63) is 35.9 Å². The number of amides is 3. The van der Waals surface area contributed by atoms with Gasteiger partial charge in [0.15, 0.2) is 0 Å². The van der Waals surface area contributed by atoms with Crippen LogP contribution in [0.5, 0.6) is 0 Å². The number of hydrogen-bond acceptors (Lipinski definition) is 5. The summed E-state index contributed by atoms with van der Waals surface area (Å²) in [5.41, 5.74) is 0.872. The maximum atomic E-state index is 13.1. The van der Waals surface area contributed by atoms with Crippen molar-refractivity contribution < 1.29 is 19.1 Å². The summed E-state index contributed by atoms with van der Waals surface area (Å²) in [5.74, 6) is -0.253. The van der Waals surface area contributed by atoms with Crippen LogP contribution in [0.2, 0.25) is 0 Å². The van der Waals surface area contributed by atoms with Gasteiger partial charge in [-0.2, -0.15) is 0 Å². The SMILES string of the molecule is CC(C)[C@H](NC(=O)OCc1ccccc1)C(=O)N1CCC(C(=O)NCC(C)(C)CN(C)C)CC1. The minimum Gasteiger partial charge on any atom is -0.445 e. The molecule has 34 heavy (non-hydrogen) atoms. The molecular weight excluding hydrogens is 432 g/mol. The fourth-order valence-electron chi connectivity index (χ4n) is 4.35. The maximum Gasteiger partial charge on any atom is 0.408 e. The molecule has 1 aliphatic heterocycles. The highest BCUT2D eigenvalue weighted by Gasteiger charge is 2.33. The summed E-state index contributed by atoms with van der Waals surface area (Å²) in [4.78, 5) is 42.0. The fraction of sp³-hybridized carbons (Fsp3) is 0.654. The van der Waals surface area contributed by atoms with Gasteiger partial charge in [-0.1, -0.05) is 58.0 Å². The van der Waals surface area contributed by atoms with Crippen molar-refractivity contribution in [1.29, 1.82) is 0 Å². The first kappa shape index (κ1) is 27.6. The van der Waals surface area contributed by atoms with Crippen molar-refractivity contribution in [1.82, 2.24) is 20.4 Å². The molecule has 1 heterocycles. The van der Waals surface area contributed by atoms with Crippen LogP contribution in [0.1, 0.15) is 46.1 Å². The summed E-state index contributed by atoms with van der Waals surface area (Å²) in [6.07, 6.45) is 0.634. The van der Waals surface area contributed by atoms with Gasteiger partial charge >= 0.3 is 6.09 Å². The molecule has 3 amide bonds. The van der Waals surface area contributed by atoms with E-state index in [-0.39, 0.29) is 35.7 Å². The first-order chi connectivity index (χ1) is 16.0. The molecule has 0 radical (unpaired) electrons. The number of benzene rings is 1. The molecule has 0 aromatic heterocycles. The Morgan fingerprint density at radius 3 is 2.29 bits per heavy atom. The van der Waals surface area contributed by atoms with Gasteiger partial charge in [-0.05, 0) is 43.8 Å². The van der Waals surface area contributed by atoms with Crippen LogP contribution in [-0.4, -0.2) is 74.0 Å². The van der Waals surface area contributed by atoms with Gasteiger partial charge in [-0.3, -0.25) is 9.59 Å². The molecule has 0 spiro atoms. The highest BCUT2D eigenvalue weighted by Crippen LogP contribution is 2.21. The molecule has 1 atom stereocenters. The summed E-state index contributed by atoms with van der Waals surface area (Å²) in [6, 6.07) is 8.75. The van der Waals surface area contributed by atoms with Gasteiger partial charge in [0.1, 0.15) is 12.6 Å².